The third-order valence-electron chi connectivity index (χ3n) is 5.74. The minimum absolute atomic E-state index is 0.0367. The normalized spacial score (nSPS) is 12.7. The lowest BCUT2D eigenvalue weighted by molar-refractivity contribution is -0.336. The molecule has 1 rings (SSSR count). The van der Waals surface area contributed by atoms with Crippen LogP contribution in [-0.2, 0) is 48.7 Å². The van der Waals surface area contributed by atoms with E-state index in [-0.39, 0.29) is 24.0 Å². The highest BCUT2D eigenvalue weighted by atomic mass is 16.9. The first kappa shape index (κ1) is 35.7. The second-order valence-corrected chi connectivity index (χ2v) is 11.3. The SMILES string of the molecule is COCCOCCOCCOC(C)(OCCOCCOCCOC)Oc1cc(C(C)(C)C)ccc1C(C)(C)C. The third kappa shape index (κ3) is 15.9. The van der Waals surface area contributed by atoms with E-state index in [4.69, 9.17) is 42.6 Å². The van der Waals surface area contributed by atoms with Crippen molar-refractivity contribution >= 4 is 0 Å². The van der Waals surface area contributed by atoms with Crippen molar-refractivity contribution in [3.8, 4) is 5.75 Å². The lowest BCUT2D eigenvalue weighted by Gasteiger charge is -2.34. The molecule has 0 aliphatic heterocycles. The van der Waals surface area contributed by atoms with Gasteiger partial charge in [0.25, 0.3) is 0 Å². The average Bonchev–Trinajstić information content (AvgIpc) is 2.85. The summed E-state index contributed by atoms with van der Waals surface area (Å²) < 4.78 is 50.8. The van der Waals surface area contributed by atoms with E-state index >= 15 is 0 Å². The first-order valence-electron chi connectivity index (χ1n) is 13.8. The fourth-order valence-corrected chi connectivity index (χ4v) is 3.49. The second kappa shape index (κ2) is 18.9. The summed E-state index contributed by atoms with van der Waals surface area (Å²) in [5.74, 6) is -0.606. The molecule has 0 saturated carbocycles. The molecule has 0 saturated heterocycles. The summed E-state index contributed by atoms with van der Waals surface area (Å²) in [4.78, 5) is 0. The van der Waals surface area contributed by atoms with Gasteiger partial charge in [-0.25, -0.2) is 0 Å². The standard InChI is InChI=1S/C30H54O9/c1-28(2,3)25-10-11-26(29(4,5)6)27(24-25)39-30(7,37-22-20-35-18-16-33-14-12-31-8)38-23-21-36-19-17-34-15-13-32-9/h10-11,24H,12-23H2,1-9H3. The second-order valence-electron chi connectivity index (χ2n) is 11.3. The summed E-state index contributed by atoms with van der Waals surface area (Å²) in [7, 11) is 3.29. The average molecular weight is 559 g/mol. The lowest BCUT2D eigenvalue weighted by atomic mass is 9.81. The molecule has 0 spiro atoms. The molecule has 39 heavy (non-hydrogen) atoms. The summed E-state index contributed by atoms with van der Waals surface area (Å²) in [6.07, 6.45) is 0. The van der Waals surface area contributed by atoms with Gasteiger partial charge in [-0.15, -0.1) is 0 Å². The highest BCUT2D eigenvalue weighted by Crippen LogP contribution is 2.37. The molecule has 0 atom stereocenters. The van der Waals surface area contributed by atoms with Crippen molar-refractivity contribution in [1.29, 1.82) is 0 Å². The predicted molar refractivity (Wildman–Crippen MR) is 152 cm³/mol. The number of rotatable bonds is 22. The van der Waals surface area contributed by atoms with Gasteiger partial charge in [0.1, 0.15) is 5.75 Å². The molecular weight excluding hydrogens is 504 g/mol. The molecule has 0 amide bonds. The quantitative estimate of drug-likeness (QED) is 0.148. The van der Waals surface area contributed by atoms with Gasteiger partial charge in [0.15, 0.2) is 0 Å². The van der Waals surface area contributed by atoms with Gasteiger partial charge < -0.3 is 42.6 Å². The number of benzene rings is 1. The van der Waals surface area contributed by atoms with Crippen molar-refractivity contribution in [2.45, 2.75) is 65.3 Å². The van der Waals surface area contributed by atoms with Crippen LogP contribution in [0, 0.1) is 0 Å². The Morgan fingerprint density at radius 1 is 0.513 bits per heavy atom. The highest BCUT2D eigenvalue weighted by Gasteiger charge is 2.32. The fraction of sp³-hybridized carbons (Fsp3) is 0.800. The van der Waals surface area contributed by atoms with Gasteiger partial charge in [-0.05, 0) is 28.0 Å². The number of methoxy groups -OCH3 is 2. The van der Waals surface area contributed by atoms with E-state index in [0.717, 1.165) is 11.3 Å². The zero-order valence-electron chi connectivity index (χ0n) is 25.9. The summed E-state index contributed by atoms with van der Waals surface area (Å²) >= 11 is 0. The van der Waals surface area contributed by atoms with E-state index < -0.39 is 5.97 Å². The van der Waals surface area contributed by atoms with Crippen LogP contribution in [0.4, 0.5) is 0 Å². The Labute approximate surface area is 236 Å². The maximum atomic E-state index is 6.51. The van der Waals surface area contributed by atoms with Crippen molar-refractivity contribution in [3.63, 3.8) is 0 Å². The Bertz CT molecular complexity index is 734. The molecule has 1 aromatic rings. The monoisotopic (exact) mass is 558 g/mol. The molecule has 9 heteroatoms. The van der Waals surface area contributed by atoms with Gasteiger partial charge in [-0.3, -0.25) is 0 Å². The predicted octanol–water partition coefficient (Wildman–Crippen LogP) is 4.73. The third-order valence-corrected chi connectivity index (χ3v) is 5.74. The zero-order chi connectivity index (χ0) is 29.2. The van der Waals surface area contributed by atoms with E-state index in [9.17, 15) is 0 Å². The molecule has 0 aromatic heterocycles. The Morgan fingerprint density at radius 2 is 0.923 bits per heavy atom. The first-order chi connectivity index (χ1) is 18.4. The topological polar surface area (TPSA) is 83.1 Å². The van der Waals surface area contributed by atoms with Gasteiger partial charge in [0.05, 0.1) is 79.3 Å². The summed E-state index contributed by atoms with van der Waals surface area (Å²) in [6.45, 7) is 20.3. The molecule has 0 bridgehead atoms. The molecule has 0 fully saturated rings. The molecule has 228 valence electrons. The van der Waals surface area contributed by atoms with E-state index in [0.29, 0.717) is 66.1 Å². The lowest BCUT2D eigenvalue weighted by Crippen LogP contribution is -2.41. The van der Waals surface area contributed by atoms with Crippen molar-refractivity contribution in [2.24, 2.45) is 0 Å². The van der Waals surface area contributed by atoms with Gasteiger partial charge >= 0.3 is 5.97 Å². The van der Waals surface area contributed by atoms with Gasteiger partial charge in [0.2, 0.25) is 0 Å². The molecule has 1 aromatic carbocycles. The zero-order valence-corrected chi connectivity index (χ0v) is 25.9. The van der Waals surface area contributed by atoms with Crippen molar-refractivity contribution in [3.05, 3.63) is 29.3 Å². The van der Waals surface area contributed by atoms with Crippen LogP contribution in [-0.4, -0.2) is 99.5 Å². The molecule has 0 N–H and O–H groups in total. The van der Waals surface area contributed by atoms with Crippen molar-refractivity contribution in [2.75, 3.05) is 93.5 Å². The fourth-order valence-electron chi connectivity index (χ4n) is 3.49. The summed E-state index contributed by atoms with van der Waals surface area (Å²) in [5.41, 5.74) is 2.07. The number of ether oxygens (including phenoxy) is 9. The van der Waals surface area contributed by atoms with Crippen LogP contribution in [0.25, 0.3) is 0 Å². The molecule has 0 aliphatic rings. The van der Waals surface area contributed by atoms with Gasteiger partial charge in [0, 0.05) is 21.1 Å². The van der Waals surface area contributed by atoms with E-state index in [1.807, 2.05) is 0 Å². The van der Waals surface area contributed by atoms with Crippen LogP contribution in [0.3, 0.4) is 0 Å². The minimum Gasteiger partial charge on any atom is -0.439 e. The van der Waals surface area contributed by atoms with Gasteiger partial charge in [-0.1, -0.05) is 53.7 Å². The Morgan fingerprint density at radius 3 is 1.31 bits per heavy atom. The Kier molecular flexibility index (Phi) is 17.3. The molecule has 9 nitrogen and oxygen atoms in total. The van der Waals surface area contributed by atoms with E-state index in [1.54, 1.807) is 21.1 Å². The van der Waals surface area contributed by atoms with Crippen molar-refractivity contribution in [1.82, 2.24) is 0 Å². The molecule has 0 radical (unpaired) electrons. The first-order valence-corrected chi connectivity index (χ1v) is 13.8. The maximum absolute atomic E-state index is 6.51. The molecule has 0 heterocycles. The highest BCUT2D eigenvalue weighted by molar-refractivity contribution is 5.43. The van der Waals surface area contributed by atoms with Gasteiger partial charge in [-0.2, -0.15) is 0 Å². The van der Waals surface area contributed by atoms with Crippen molar-refractivity contribution < 1.29 is 42.6 Å². The van der Waals surface area contributed by atoms with Crippen LogP contribution in [0.5, 0.6) is 5.75 Å². The smallest absolute Gasteiger partial charge is 0.324 e. The van der Waals surface area contributed by atoms with Crippen LogP contribution in [0.2, 0.25) is 0 Å². The molecule has 0 aliphatic carbocycles. The molecular formula is C30H54O9. The Hall–Kier alpha value is -1.30. The van der Waals surface area contributed by atoms with E-state index in [1.165, 1.54) is 5.56 Å². The number of hydrogen-bond acceptors (Lipinski definition) is 9. The summed E-state index contributed by atoms with van der Waals surface area (Å²) in [5, 5.41) is 0. The van der Waals surface area contributed by atoms with Crippen LogP contribution >= 0.6 is 0 Å². The van der Waals surface area contributed by atoms with Crippen LogP contribution in [0.15, 0.2) is 18.2 Å². The molecule has 0 unspecified atom stereocenters. The Balaban J connectivity index is 2.81. The maximum Gasteiger partial charge on any atom is 0.324 e. The van der Waals surface area contributed by atoms with Crippen LogP contribution < -0.4 is 4.74 Å². The minimum atomic E-state index is -1.34. The van der Waals surface area contributed by atoms with E-state index in [2.05, 4.69) is 59.7 Å². The largest absolute Gasteiger partial charge is 0.439 e. The number of hydrogen-bond donors (Lipinski definition) is 0. The summed E-state index contributed by atoms with van der Waals surface area (Å²) in [6, 6.07) is 6.39. The van der Waals surface area contributed by atoms with Crippen LogP contribution in [0.1, 0.15) is 59.6 Å².